The molecule has 1 aromatic heterocycles. The number of aromatic hydroxyl groups is 1. The van der Waals surface area contributed by atoms with Gasteiger partial charge in [0.1, 0.15) is 6.54 Å². The van der Waals surface area contributed by atoms with Crippen LogP contribution in [0.5, 0.6) is 5.75 Å². The van der Waals surface area contributed by atoms with Gasteiger partial charge in [-0.05, 0) is 31.8 Å². The van der Waals surface area contributed by atoms with E-state index in [0.29, 0.717) is 12.5 Å². The Morgan fingerprint density at radius 2 is 2.00 bits per heavy atom. The number of carbonyl (C=O) groups is 1. The standard InChI is InChI=1S/C15H22N2O5/c1-10-2-4-16(5-3-10)7-12-15(22)13(19)6-11(9-18)17(12)8-14(20)21/h6,10,18,22H,2-5,7-9H2,1H3,(H,20,21). The highest BCUT2D eigenvalue weighted by Crippen LogP contribution is 2.22. The fourth-order valence-corrected chi connectivity index (χ4v) is 2.80. The van der Waals surface area contributed by atoms with Crippen LogP contribution in [0, 0.1) is 5.92 Å². The Balaban J connectivity index is 2.36. The van der Waals surface area contributed by atoms with Crippen LogP contribution in [0.3, 0.4) is 0 Å². The molecular formula is C15H22N2O5. The number of carboxylic acids is 1. The molecule has 0 amide bonds. The van der Waals surface area contributed by atoms with Gasteiger partial charge in [0.15, 0.2) is 5.75 Å². The molecule has 2 rings (SSSR count). The van der Waals surface area contributed by atoms with Gasteiger partial charge in [-0.25, -0.2) is 0 Å². The lowest BCUT2D eigenvalue weighted by molar-refractivity contribution is -0.137. The number of pyridine rings is 1. The summed E-state index contributed by atoms with van der Waals surface area (Å²) in [6.45, 7) is 3.31. The molecular weight excluding hydrogens is 288 g/mol. The van der Waals surface area contributed by atoms with Crippen molar-refractivity contribution in [3.8, 4) is 5.75 Å². The number of aliphatic hydroxyl groups excluding tert-OH is 1. The molecule has 1 aliphatic rings. The van der Waals surface area contributed by atoms with Crippen LogP contribution in [0.2, 0.25) is 0 Å². The Kier molecular flexibility index (Phi) is 5.20. The third-order valence-corrected chi connectivity index (χ3v) is 4.18. The van der Waals surface area contributed by atoms with Crippen LogP contribution < -0.4 is 5.43 Å². The van der Waals surface area contributed by atoms with Gasteiger partial charge in [-0.15, -0.1) is 0 Å². The van der Waals surface area contributed by atoms with Crippen molar-refractivity contribution in [3.05, 3.63) is 27.7 Å². The minimum atomic E-state index is -1.09. The number of nitrogens with zero attached hydrogens (tertiary/aromatic N) is 2. The van der Waals surface area contributed by atoms with Crippen LogP contribution in [0.25, 0.3) is 0 Å². The summed E-state index contributed by atoms with van der Waals surface area (Å²) in [6, 6.07) is 1.08. The predicted molar refractivity (Wildman–Crippen MR) is 79.6 cm³/mol. The Morgan fingerprint density at radius 3 is 2.55 bits per heavy atom. The Labute approximate surface area is 128 Å². The maximum atomic E-state index is 11.8. The molecule has 122 valence electrons. The summed E-state index contributed by atoms with van der Waals surface area (Å²) in [7, 11) is 0. The molecule has 0 saturated carbocycles. The van der Waals surface area contributed by atoms with Crippen LogP contribution in [-0.2, 0) is 24.5 Å². The molecule has 0 aromatic carbocycles. The van der Waals surface area contributed by atoms with Crippen LogP contribution in [0.1, 0.15) is 31.2 Å². The Morgan fingerprint density at radius 1 is 1.36 bits per heavy atom. The highest BCUT2D eigenvalue weighted by atomic mass is 16.4. The van der Waals surface area contributed by atoms with E-state index in [2.05, 4.69) is 11.8 Å². The van der Waals surface area contributed by atoms with E-state index in [4.69, 9.17) is 5.11 Å². The van der Waals surface area contributed by atoms with E-state index < -0.39 is 30.3 Å². The number of rotatable bonds is 5. The van der Waals surface area contributed by atoms with Crippen molar-refractivity contribution in [2.24, 2.45) is 5.92 Å². The van der Waals surface area contributed by atoms with Gasteiger partial charge >= 0.3 is 5.97 Å². The monoisotopic (exact) mass is 310 g/mol. The first kappa shape index (κ1) is 16.5. The fraction of sp³-hybridized carbons (Fsp3) is 0.600. The van der Waals surface area contributed by atoms with Crippen LogP contribution in [0.4, 0.5) is 0 Å². The van der Waals surface area contributed by atoms with Crippen LogP contribution in [0.15, 0.2) is 10.9 Å². The first-order valence-electron chi connectivity index (χ1n) is 7.42. The summed E-state index contributed by atoms with van der Waals surface area (Å²) < 4.78 is 1.32. The molecule has 0 bridgehead atoms. The van der Waals surface area contributed by atoms with Crippen molar-refractivity contribution in [2.75, 3.05) is 13.1 Å². The third kappa shape index (κ3) is 3.66. The molecule has 1 saturated heterocycles. The zero-order valence-corrected chi connectivity index (χ0v) is 12.7. The summed E-state index contributed by atoms with van der Waals surface area (Å²) in [5, 5.41) is 28.5. The van der Waals surface area contributed by atoms with E-state index in [1.54, 1.807) is 0 Å². The summed E-state index contributed by atoms with van der Waals surface area (Å²) in [6.07, 6.45) is 2.06. The van der Waals surface area contributed by atoms with E-state index >= 15 is 0 Å². The van der Waals surface area contributed by atoms with Gasteiger partial charge in [-0.1, -0.05) is 6.92 Å². The lowest BCUT2D eigenvalue weighted by atomic mass is 9.99. The van der Waals surface area contributed by atoms with E-state index in [1.807, 2.05) is 0 Å². The zero-order valence-electron chi connectivity index (χ0n) is 12.7. The molecule has 0 unspecified atom stereocenters. The van der Waals surface area contributed by atoms with Crippen molar-refractivity contribution in [1.29, 1.82) is 0 Å². The average Bonchev–Trinajstić information content (AvgIpc) is 2.48. The molecule has 2 heterocycles. The summed E-state index contributed by atoms with van der Waals surface area (Å²) in [4.78, 5) is 24.9. The minimum Gasteiger partial charge on any atom is -0.503 e. The smallest absolute Gasteiger partial charge is 0.323 e. The van der Waals surface area contributed by atoms with Gasteiger partial charge in [-0.3, -0.25) is 14.5 Å². The Bertz CT molecular complexity index is 603. The van der Waals surface area contributed by atoms with Crippen LogP contribution in [-0.4, -0.2) is 43.8 Å². The second kappa shape index (κ2) is 6.93. The lowest BCUT2D eigenvalue weighted by Gasteiger charge is -2.31. The largest absolute Gasteiger partial charge is 0.503 e. The topological polar surface area (TPSA) is 103 Å². The number of likely N-dealkylation sites (tertiary alicyclic amines) is 1. The number of aromatic nitrogens is 1. The van der Waals surface area contributed by atoms with Crippen LogP contribution >= 0.6 is 0 Å². The fourth-order valence-electron chi connectivity index (χ4n) is 2.80. The van der Waals surface area contributed by atoms with E-state index in [-0.39, 0.29) is 11.4 Å². The molecule has 22 heavy (non-hydrogen) atoms. The number of piperidine rings is 1. The van der Waals surface area contributed by atoms with Crippen molar-refractivity contribution in [3.63, 3.8) is 0 Å². The molecule has 0 aliphatic carbocycles. The minimum absolute atomic E-state index is 0.200. The number of aliphatic hydroxyl groups is 1. The normalized spacial score (nSPS) is 16.8. The molecule has 1 fully saturated rings. The van der Waals surface area contributed by atoms with Crippen molar-refractivity contribution in [2.45, 2.75) is 39.5 Å². The lowest BCUT2D eigenvalue weighted by Crippen LogP contribution is -2.34. The average molecular weight is 310 g/mol. The van der Waals surface area contributed by atoms with Crippen molar-refractivity contribution >= 4 is 5.97 Å². The predicted octanol–water partition coefficient (Wildman–Crippen LogP) is 0.363. The molecule has 7 heteroatoms. The molecule has 1 aromatic rings. The van der Waals surface area contributed by atoms with E-state index in [1.165, 1.54) is 4.57 Å². The quantitative estimate of drug-likeness (QED) is 0.726. The summed E-state index contributed by atoms with van der Waals surface area (Å²) in [5.41, 5.74) is -0.134. The van der Waals surface area contributed by atoms with Crippen molar-refractivity contribution < 1.29 is 20.1 Å². The number of carboxylic acid groups (broad SMARTS) is 1. The summed E-state index contributed by atoms with van der Waals surface area (Å²) in [5.74, 6) is -0.877. The molecule has 3 N–H and O–H groups in total. The van der Waals surface area contributed by atoms with Gasteiger partial charge < -0.3 is 19.9 Å². The number of hydrogen-bond acceptors (Lipinski definition) is 5. The summed E-state index contributed by atoms with van der Waals surface area (Å²) >= 11 is 0. The van der Waals surface area contributed by atoms with E-state index in [9.17, 15) is 19.8 Å². The highest BCUT2D eigenvalue weighted by Gasteiger charge is 2.21. The van der Waals surface area contributed by atoms with Gasteiger partial charge in [0, 0.05) is 18.3 Å². The highest BCUT2D eigenvalue weighted by molar-refractivity contribution is 5.67. The zero-order chi connectivity index (χ0) is 16.3. The first-order chi connectivity index (χ1) is 10.4. The molecule has 7 nitrogen and oxygen atoms in total. The second-order valence-corrected chi connectivity index (χ2v) is 5.89. The molecule has 1 aliphatic heterocycles. The molecule has 0 radical (unpaired) electrons. The SMILES string of the molecule is CC1CCN(Cc2c(O)c(=O)cc(CO)n2CC(=O)O)CC1. The van der Waals surface area contributed by atoms with Gasteiger partial charge in [-0.2, -0.15) is 0 Å². The Hall–Kier alpha value is -1.86. The first-order valence-corrected chi connectivity index (χ1v) is 7.42. The molecule has 0 atom stereocenters. The number of hydrogen-bond donors (Lipinski definition) is 3. The second-order valence-electron chi connectivity index (χ2n) is 5.89. The number of aliphatic carboxylic acids is 1. The third-order valence-electron chi connectivity index (χ3n) is 4.18. The maximum absolute atomic E-state index is 11.8. The van der Waals surface area contributed by atoms with E-state index in [0.717, 1.165) is 32.0 Å². The van der Waals surface area contributed by atoms with Gasteiger partial charge in [0.05, 0.1) is 12.3 Å². The van der Waals surface area contributed by atoms with Gasteiger partial charge in [0.25, 0.3) is 0 Å². The maximum Gasteiger partial charge on any atom is 0.323 e. The van der Waals surface area contributed by atoms with Gasteiger partial charge in [0.2, 0.25) is 5.43 Å². The van der Waals surface area contributed by atoms with Crippen molar-refractivity contribution in [1.82, 2.24) is 9.47 Å². The molecule has 0 spiro atoms.